The summed E-state index contributed by atoms with van der Waals surface area (Å²) < 4.78 is 5.16. The van der Waals surface area contributed by atoms with Crippen LogP contribution in [0.5, 0.6) is 0 Å². The van der Waals surface area contributed by atoms with Gasteiger partial charge in [0.2, 0.25) is 0 Å². The molecule has 0 unspecified atom stereocenters. The highest BCUT2D eigenvalue weighted by Crippen LogP contribution is 1.94. The highest BCUT2D eigenvalue weighted by molar-refractivity contribution is 5.76. The molecule has 0 radical (unpaired) electrons. The normalized spacial score (nSPS) is 17.3. The summed E-state index contributed by atoms with van der Waals surface area (Å²) in [5, 5.41) is 12.5. The van der Waals surface area contributed by atoms with Crippen molar-refractivity contribution in [3.8, 4) is 0 Å². The zero-order valence-electron chi connectivity index (χ0n) is 8.48. The van der Waals surface area contributed by atoms with Crippen molar-refractivity contribution in [3.05, 3.63) is 10.1 Å². The molecule has 0 spiro atoms. The van der Waals surface area contributed by atoms with E-state index in [2.05, 4.69) is 10.2 Å². The number of hydrogen-bond donors (Lipinski definition) is 1. The number of nitrogens with zero attached hydrogens (tertiary/aromatic N) is 2. The molecule has 0 aliphatic carbocycles. The van der Waals surface area contributed by atoms with Crippen molar-refractivity contribution in [2.24, 2.45) is 0 Å². The van der Waals surface area contributed by atoms with Gasteiger partial charge in [0.15, 0.2) is 0 Å². The van der Waals surface area contributed by atoms with Gasteiger partial charge in [0.1, 0.15) is 0 Å². The molecule has 7 heteroatoms. The van der Waals surface area contributed by atoms with E-state index in [0.29, 0.717) is 26.3 Å². The third kappa shape index (κ3) is 5.28. The van der Waals surface area contributed by atoms with Crippen LogP contribution in [0, 0.1) is 10.1 Å². The highest BCUT2D eigenvalue weighted by atomic mass is 16.6. The molecule has 0 atom stereocenters. The summed E-state index contributed by atoms with van der Waals surface area (Å²) in [4.78, 5) is 22.4. The molecule has 1 aliphatic rings. The van der Waals surface area contributed by atoms with E-state index in [1.54, 1.807) is 0 Å². The first-order chi connectivity index (χ1) is 7.18. The van der Waals surface area contributed by atoms with Crippen LogP contribution in [0.3, 0.4) is 0 Å². The number of nitrogens with one attached hydrogen (secondary N) is 1. The van der Waals surface area contributed by atoms with Gasteiger partial charge in [0.05, 0.1) is 13.2 Å². The molecule has 1 fully saturated rings. The summed E-state index contributed by atoms with van der Waals surface area (Å²) >= 11 is 0. The van der Waals surface area contributed by atoms with Crippen LogP contribution < -0.4 is 5.32 Å². The molecule has 7 nitrogen and oxygen atoms in total. The zero-order valence-corrected chi connectivity index (χ0v) is 8.48. The average molecular weight is 217 g/mol. The molecular weight excluding hydrogens is 202 g/mol. The first-order valence-electron chi connectivity index (χ1n) is 4.87. The smallest absolute Gasteiger partial charge is 0.291 e. The maximum atomic E-state index is 10.9. The van der Waals surface area contributed by atoms with Gasteiger partial charge in [-0.1, -0.05) is 0 Å². The van der Waals surface area contributed by atoms with Gasteiger partial charge < -0.3 is 10.1 Å². The minimum Gasteiger partial charge on any atom is -0.379 e. The topological polar surface area (TPSA) is 84.7 Å². The van der Waals surface area contributed by atoms with E-state index in [0.717, 1.165) is 13.1 Å². The number of hydrogen-bond acceptors (Lipinski definition) is 5. The summed E-state index contributed by atoms with van der Waals surface area (Å²) in [7, 11) is 0. The first kappa shape index (κ1) is 11.9. The second-order valence-corrected chi connectivity index (χ2v) is 3.29. The summed E-state index contributed by atoms with van der Waals surface area (Å²) in [6.07, 6.45) is 0. The number of carbonyl (C=O) groups excluding carboxylic acids is 1. The van der Waals surface area contributed by atoms with Crippen LogP contribution in [0.25, 0.3) is 0 Å². The van der Waals surface area contributed by atoms with Gasteiger partial charge in [0, 0.05) is 31.1 Å². The Hall–Kier alpha value is -1.21. The summed E-state index contributed by atoms with van der Waals surface area (Å²) in [6.45, 7) is 3.64. The van der Waals surface area contributed by atoms with E-state index in [-0.39, 0.29) is 0 Å². The predicted molar refractivity (Wildman–Crippen MR) is 52.1 cm³/mol. The molecule has 0 aromatic rings. The molecule has 86 valence electrons. The third-order valence-electron chi connectivity index (χ3n) is 2.13. The first-order valence-corrected chi connectivity index (χ1v) is 4.87. The Bertz CT molecular complexity index is 228. The second kappa shape index (κ2) is 6.31. The van der Waals surface area contributed by atoms with Crippen molar-refractivity contribution in [1.82, 2.24) is 10.2 Å². The van der Waals surface area contributed by atoms with E-state index in [1.807, 2.05) is 0 Å². The molecule has 1 aliphatic heterocycles. The number of amides is 1. The maximum Gasteiger partial charge on any atom is 0.291 e. The lowest BCUT2D eigenvalue weighted by molar-refractivity contribution is -0.467. The van der Waals surface area contributed by atoms with Gasteiger partial charge in [-0.2, -0.15) is 0 Å². The Morgan fingerprint density at radius 2 is 2.13 bits per heavy atom. The lowest BCUT2D eigenvalue weighted by Crippen LogP contribution is -2.42. The minimum atomic E-state index is -0.650. The molecule has 0 saturated carbocycles. The average Bonchev–Trinajstić information content (AvgIpc) is 2.18. The Morgan fingerprint density at radius 3 is 2.73 bits per heavy atom. The fraction of sp³-hybridized carbons (Fsp3) is 0.875. The fourth-order valence-corrected chi connectivity index (χ4v) is 1.35. The zero-order chi connectivity index (χ0) is 11.1. The molecule has 15 heavy (non-hydrogen) atoms. The second-order valence-electron chi connectivity index (χ2n) is 3.29. The van der Waals surface area contributed by atoms with Crippen molar-refractivity contribution < 1.29 is 14.5 Å². The van der Waals surface area contributed by atoms with Crippen molar-refractivity contribution in [3.63, 3.8) is 0 Å². The van der Waals surface area contributed by atoms with E-state index in [4.69, 9.17) is 4.74 Å². The Balaban J connectivity index is 2.04. The molecule has 0 aromatic carbocycles. The van der Waals surface area contributed by atoms with Crippen molar-refractivity contribution in [2.45, 2.75) is 0 Å². The van der Waals surface area contributed by atoms with Crippen LogP contribution in [0.1, 0.15) is 0 Å². The standard InChI is InChI=1S/C8H15N3O4/c12-8(7-11(13)14)9-1-2-10-3-5-15-6-4-10/h1-7H2,(H,9,12). The van der Waals surface area contributed by atoms with Crippen LogP contribution in [0.4, 0.5) is 0 Å². The van der Waals surface area contributed by atoms with Crippen LogP contribution in [-0.2, 0) is 9.53 Å². The van der Waals surface area contributed by atoms with Gasteiger partial charge in [-0.05, 0) is 0 Å². The molecule has 1 heterocycles. The molecular formula is C8H15N3O4. The van der Waals surface area contributed by atoms with Crippen LogP contribution in [-0.4, -0.2) is 61.7 Å². The number of morpholine rings is 1. The minimum absolute atomic E-state index is 0.451. The van der Waals surface area contributed by atoms with Crippen LogP contribution in [0.2, 0.25) is 0 Å². The van der Waals surface area contributed by atoms with Gasteiger partial charge in [-0.3, -0.25) is 19.8 Å². The number of rotatable bonds is 5. The van der Waals surface area contributed by atoms with Gasteiger partial charge >= 0.3 is 0 Å². The molecule has 1 saturated heterocycles. The highest BCUT2D eigenvalue weighted by Gasteiger charge is 2.11. The number of nitro groups is 1. The lowest BCUT2D eigenvalue weighted by Gasteiger charge is -2.26. The summed E-state index contributed by atoms with van der Waals surface area (Å²) in [5.74, 6) is -0.534. The Morgan fingerprint density at radius 1 is 1.47 bits per heavy atom. The largest absolute Gasteiger partial charge is 0.379 e. The van der Waals surface area contributed by atoms with Gasteiger partial charge in [-0.15, -0.1) is 0 Å². The van der Waals surface area contributed by atoms with Crippen LogP contribution >= 0.6 is 0 Å². The fourth-order valence-electron chi connectivity index (χ4n) is 1.35. The van der Waals surface area contributed by atoms with E-state index < -0.39 is 17.4 Å². The van der Waals surface area contributed by atoms with E-state index in [9.17, 15) is 14.9 Å². The quantitative estimate of drug-likeness (QED) is 0.457. The number of carbonyl (C=O) groups is 1. The van der Waals surface area contributed by atoms with Gasteiger partial charge in [-0.25, -0.2) is 0 Å². The molecule has 1 rings (SSSR count). The molecule has 1 amide bonds. The van der Waals surface area contributed by atoms with E-state index >= 15 is 0 Å². The summed E-state index contributed by atoms with van der Waals surface area (Å²) in [6, 6.07) is 0. The Kier molecular flexibility index (Phi) is 4.99. The molecule has 1 N–H and O–H groups in total. The van der Waals surface area contributed by atoms with Crippen LogP contribution in [0.15, 0.2) is 0 Å². The van der Waals surface area contributed by atoms with Crippen molar-refractivity contribution >= 4 is 5.91 Å². The number of ether oxygens (including phenoxy) is 1. The Labute approximate surface area is 87.5 Å². The summed E-state index contributed by atoms with van der Waals surface area (Å²) in [5.41, 5.74) is 0. The lowest BCUT2D eigenvalue weighted by atomic mass is 10.4. The predicted octanol–water partition coefficient (Wildman–Crippen LogP) is -1.29. The van der Waals surface area contributed by atoms with Gasteiger partial charge in [0.25, 0.3) is 12.5 Å². The van der Waals surface area contributed by atoms with Crippen molar-refractivity contribution in [1.29, 1.82) is 0 Å². The molecule has 0 aromatic heterocycles. The SMILES string of the molecule is O=C(C[N+](=O)[O-])NCCN1CCOCC1. The van der Waals surface area contributed by atoms with Crippen molar-refractivity contribution in [2.75, 3.05) is 45.9 Å². The third-order valence-corrected chi connectivity index (χ3v) is 2.13. The monoisotopic (exact) mass is 217 g/mol. The molecule has 0 bridgehead atoms. The maximum absolute atomic E-state index is 10.9. The van der Waals surface area contributed by atoms with E-state index in [1.165, 1.54) is 0 Å².